The van der Waals surface area contributed by atoms with Crippen molar-refractivity contribution < 1.29 is 23.1 Å². The zero-order valence-electron chi connectivity index (χ0n) is 15.4. The van der Waals surface area contributed by atoms with Crippen molar-refractivity contribution in [2.24, 2.45) is 11.8 Å². The van der Waals surface area contributed by atoms with Gasteiger partial charge in [-0.2, -0.15) is 0 Å². The number of carbonyl (C=O) groups is 2. The third kappa shape index (κ3) is 4.94. The van der Waals surface area contributed by atoms with Crippen LogP contribution in [0, 0.1) is 23.5 Å². The lowest BCUT2D eigenvalue weighted by Gasteiger charge is -2.34. The predicted octanol–water partition coefficient (Wildman–Crippen LogP) is 2.70. The van der Waals surface area contributed by atoms with E-state index in [1.54, 1.807) is 12.0 Å². The van der Waals surface area contributed by atoms with Gasteiger partial charge in [-0.15, -0.1) is 0 Å². The number of hydrogen-bond acceptors (Lipinski definition) is 3. The summed E-state index contributed by atoms with van der Waals surface area (Å²) in [5.74, 6) is -0.510. The molecule has 1 unspecified atom stereocenters. The minimum atomic E-state index is -0.669. The Morgan fingerprint density at radius 3 is 2.70 bits per heavy atom. The Morgan fingerprint density at radius 1 is 1.26 bits per heavy atom. The zero-order valence-corrected chi connectivity index (χ0v) is 15.4. The van der Waals surface area contributed by atoms with Crippen LogP contribution in [0.2, 0.25) is 0 Å². The van der Waals surface area contributed by atoms with Crippen molar-refractivity contribution in [3.05, 3.63) is 29.8 Å². The molecule has 8 heteroatoms. The number of rotatable bonds is 5. The van der Waals surface area contributed by atoms with Crippen molar-refractivity contribution in [1.82, 2.24) is 9.80 Å². The molecule has 2 fully saturated rings. The van der Waals surface area contributed by atoms with Gasteiger partial charge in [-0.25, -0.2) is 13.6 Å². The molecule has 27 heavy (non-hydrogen) atoms. The predicted molar refractivity (Wildman–Crippen MR) is 96.2 cm³/mol. The molecule has 2 saturated heterocycles. The van der Waals surface area contributed by atoms with E-state index in [1.165, 1.54) is 0 Å². The van der Waals surface area contributed by atoms with E-state index in [0.717, 1.165) is 37.6 Å². The molecule has 0 aromatic heterocycles. The van der Waals surface area contributed by atoms with Gasteiger partial charge in [0.15, 0.2) is 0 Å². The average molecular weight is 381 g/mol. The van der Waals surface area contributed by atoms with Crippen LogP contribution in [-0.4, -0.2) is 61.6 Å². The molecule has 1 aromatic rings. The van der Waals surface area contributed by atoms with E-state index >= 15 is 0 Å². The van der Waals surface area contributed by atoms with Gasteiger partial charge < -0.3 is 19.9 Å². The van der Waals surface area contributed by atoms with Crippen LogP contribution in [0.1, 0.15) is 19.3 Å². The Balaban J connectivity index is 1.46. The molecule has 2 aliphatic heterocycles. The van der Waals surface area contributed by atoms with Crippen molar-refractivity contribution in [3.8, 4) is 0 Å². The monoisotopic (exact) mass is 381 g/mol. The number of anilines is 1. The third-order valence-electron chi connectivity index (χ3n) is 5.25. The summed E-state index contributed by atoms with van der Waals surface area (Å²) in [6.45, 7) is 3.07. The van der Waals surface area contributed by atoms with E-state index in [0.29, 0.717) is 38.6 Å². The van der Waals surface area contributed by atoms with Crippen LogP contribution in [0.15, 0.2) is 18.2 Å². The number of piperidine rings is 1. The van der Waals surface area contributed by atoms with Crippen molar-refractivity contribution >= 4 is 17.6 Å². The number of urea groups is 1. The summed E-state index contributed by atoms with van der Waals surface area (Å²) in [7, 11) is 1.64. The van der Waals surface area contributed by atoms with Crippen LogP contribution in [0.25, 0.3) is 0 Å². The molecule has 0 aliphatic carbocycles. The van der Waals surface area contributed by atoms with Crippen molar-refractivity contribution in [3.63, 3.8) is 0 Å². The summed E-state index contributed by atoms with van der Waals surface area (Å²) in [4.78, 5) is 27.9. The topological polar surface area (TPSA) is 61.9 Å². The second-order valence-corrected chi connectivity index (χ2v) is 7.31. The summed E-state index contributed by atoms with van der Waals surface area (Å²) in [6.07, 6.45) is 2.09. The number of nitrogens with zero attached hydrogens (tertiary/aromatic N) is 2. The third-order valence-corrected chi connectivity index (χ3v) is 5.25. The molecule has 6 nitrogen and oxygen atoms in total. The fraction of sp³-hybridized carbons (Fsp3) is 0.579. The van der Waals surface area contributed by atoms with E-state index in [-0.39, 0.29) is 17.5 Å². The van der Waals surface area contributed by atoms with E-state index in [1.807, 2.05) is 4.90 Å². The molecular formula is C19H25F2N3O3. The van der Waals surface area contributed by atoms with Crippen molar-refractivity contribution in [2.75, 3.05) is 45.2 Å². The highest BCUT2D eigenvalue weighted by atomic mass is 19.1. The van der Waals surface area contributed by atoms with Crippen molar-refractivity contribution in [1.29, 1.82) is 0 Å². The summed E-state index contributed by atoms with van der Waals surface area (Å²) >= 11 is 0. The van der Waals surface area contributed by atoms with Gasteiger partial charge in [0.2, 0.25) is 5.91 Å². The molecule has 3 rings (SSSR count). The number of methoxy groups -OCH3 is 1. The standard InChI is InChI=1S/C19H25F2N3O3/c1-27-12-14-8-18(25)24(11-14)10-13-4-6-23(7-5-13)19(26)22-17-9-15(20)2-3-16(17)21/h2-3,9,13-14H,4-8,10-12H2,1H3,(H,22,26). The fourth-order valence-corrected chi connectivity index (χ4v) is 3.80. The highest BCUT2D eigenvalue weighted by Crippen LogP contribution is 2.24. The molecule has 0 radical (unpaired) electrons. The van der Waals surface area contributed by atoms with E-state index in [2.05, 4.69) is 5.32 Å². The van der Waals surface area contributed by atoms with E-state index in [9.17, 15) is 18.4 Å². The highest BCUT2D eigenvalue weighted by molar-refractivity contribution is 5.89. The molecule has 1 atom stereocenters. The number of carbonyl (C=O) groups excluding carboxylic acids is 2. The van der Waals surface area contributed by atoms with Gasteiger partial charge in [0, 0.05) is 51.7 Å². The van der Waals surface area contributed by atoms with Crippen molar-refractivity contribution in [2.45, 2.75) is 19.3 Å². The molecule has 0 bridgehead atoms. The minimum absolute atomic E-state index is 0.158. The number of ether oxygens (including phenoxy) is 1. The maximum atomic E-state index is 13.7. The Morgan fingerprint density at radius 2 is 2.00 bits per heavy atom. The summed E-state index contributed by atoms with van der Waals surface area (Å²) in [5.41, 5.74) is -0.158. The van der Waals surface area contributed by atoms with Gasteiger partial charge in [-0.3, -0.25) is 4.79 Å². The zero-order chi connectivity index (χ0) is 19.4. The summed E-state index contributed by atoms with van der Waals surface area (Å²) in [6, 6.07) is 2.53. The van der Waals surface area contributed by atoms with Crippen LogP contribution < -0.4 is 5.32 Å². The van der Waals surface area contributed by atoms with Crippen LogP contribution in [0.5, 0.6) is 0 Å². The van der Waals surface area contributed by atoms with E-state index < -0.39 is 17.7 Å². The van der Waals surface area contributed by atoms with Crippen LogP contribution in [0.3, 0.4) is 0 Å². The van der Waals surface area contributed by atoms with Gasteiger partial charge in [-0.1, -0.05) is 0 Å². The Bertz CT molecular complexity index is 693. The normalized spacial score (nSPS) is 21.0. The molecule has 1 N–H and O–H groups in total. The fourth-order valence-electron chi connectivity index (χ4n) is 3.80. The van der Waals surface area contributed by atoms with Gasteiger partial charge in [0.05, 0.1) is 12.3 Å². The van der Waals surface area contributed by atoms with E-state index in [4.69, 9.17) is 4.74 Å². The second kappa shape index (κ2) is 8.65. The molecule has 3 amide bonds. The number of likely N-dealkylation sites (tertiary alicyclic amines) is 2. The number of nitrogens with one attached hydrogen (secondary N) is 1. The maximum absolute atomic E-state index is 13.7. The Hall–Kier alpha value is -2.22. The largest absolute Gasteiger partial charge is 0.384 e. The lowest BCUT2D eigenvalue weighted by Crippen LogP contribution is -2.43. The lowest BCUT2D eigenvalue weighted by atomic mass is 9.96. The van der Waals surface area contributed by atoms with Crippen LogP contribution >= 0.6 is 0 Å². The quantitative estimate of drug-likeness (QED) is 0.853. The SMILES string of the molecule is COCC1CC(=O)N(CC2CCN(C(=O)Nc3cc(F)ccc3F)CC2)C1. The van der Waals surface area contributed by atoms with Crippen LogP contribution in [0.4, 0.5) is 19.3 Å². The number of halogens is 2. The highest BCUT2D eigenvalue weighted by Gasteiger charge is 2.32. The average Bonchev–Trinajstić information content (AvgIpc) is 2.98. The van der Waals surface area contributed by atoms with Gasteiger partial charge in [-0.05, 0) is 30.9 Å². The molecule has 0 spiro atoms. The first-order valence-electron chi connectivity index (χ1n) is 9.24. The second-order valence-electron chi connectivity index (χ2n) is 7.31. The summed E-state index contributed by atoms with van der Waals surface area (Å²) in [5, 5.41) is 2.43. The molecular weight excluding hydrogens is 356 g/mol. The lowest BCUT2D eigenvalue weighted by molar-refractivity contribution is -0.128. The summed E-state index contributed by atoms with van der Waals surface area (Å²) < 4.78 is 32.0. The first-order valence-corrected chi connectivity index (χ1v) is 9.24. The number of hydrogen-bond donors (Lipinski definition) is 1. The molecule has 1 aromatic carbocycles. The van der Waals surface area contributed by atoms with Gasteiger partial charge in [0.25, 0.3) is 0 Å². The Labute approximate surface area is 157 Å². The number of amides is 3. The molecule has 2 aliphatic rings. The molecule has 148 valence electrons. The van der Waals surface area contributed by atoms with Crippen LogP contribution in [-0.2, 0) is 9.53 Å². The molecule has 0 saturated carbocycles. The first-order chi connectivity index (χ1) is 13.0. The van der Waals surface area contributed by atoms with Gasteiger partial charge in [0.1, 0.15) is 11.6 Å². The Kier molecular flexibility index (Phi) is 6.26. The minimum Gasteiger partial charge on any atom is -0.384 e. The maximum Gasteiger partial charge on any atom is 0.321 e. The number of benzene rings is 1. The molecule has 2 heterocycles. The smallest absolute Gasteiger partial charge is 0.321 e. The first kappa shape index (κ1) is 19.5. The van der Waals surface area contributed by atoms with Gasteiger partial charge >= 0.3 is 6.03 Å².